The van der Waals surface area contributed by atoms with Crippen LogP contribution in [0.2, 0.25) is 0 Å². The first kappa shape index (κ1) is 14.1. The van der Waals surface area contributed by atoms with E-state index >= 15 is 0 Å². The van der Waals surface area contributed by atoms with E-state index in [1.165, 1.54) is 0 Å². The van der Waals surface area contributed by atoms with Crippen LogP contribution in [0.25, 0.3) is 11.4 Å². The smallest absolute Gasteiger partial charge is 0.242 e. The number of aromatic nitrogens is 2. The van der Waals surface area contributed by atoms with E-state index in [-0.39, 0.29) is 11.9 Å². The van der Waals surface area contributed by atoms with Gasteiger partial charge in [-0.25, -0.2) is 4.98 Å². The monoisotopic (exact) mass is 272 g/mol. The van der Waals surface area contributed by atoms with E-state index in [0.717, 1.165) is 17.8 Å². The molecular formula is C15H20N4O. The molecule has 0 spiro atoms. The van der Waals surface area contributed by atoms with E-state index in [1.807, 2.05) is 48.9 Å². The quantitative estimate of drug-likeness (QED) is 0.820. The van der Waals surface area contributed by atoms with E-state index in [1.54, 1.807) is 6.20 Å². The van der Waals surface area contributed by atoms with Crippen molar-refractivity contribution in [3.8, 4) is 11.4 Å². The number of hydrogen-bond donors (Lipinski definition) is 2. The van der Waals surface area contributed by atoms with E-state index in [2.05, 4.69) is 10.3 Å². The standard InChI is InChI=1S/C15H20N4O/c1-3-7-18-15(20)11(2)19-9-8-17-14(19)12-5-4-6-13(16)10-12/h4-6,8-11H,3,7,16H2,1-2H3,(H,18,20). The lowest BCUT2D eigenvalue weighted by Gasteiger charge is -2.16. The molecule has 1 aromatic heterocycles. The third-order valence-corrected chi connectivity index (χ3v) is 3.16. The largest absolute Gasteiger partial charge is 0.399 e. The Morgan fingerprint density at radius 1 is 1.50 bits per heavy atom. The molecule has 2 rings (SSSR count). The van der Waals surface area contributed by atoms with Crippen molar-refractivity contribution >= 4 is 11.6 Å². The zero-order chi connectivity index (χ0) is 14.5. The molecule has 0 aliphatic carbocycles. The van der Waals surface area contributed by atoms with Crippen LogP contribution in [-0.4, -0.2) is 22.0 Å². The number of nitrogen functional groups attached to an aromatic ring is 1. The number of imidazole rings is 1. The SMILES string of the molecule is CCCNC(=O)C(C)n1ccnc1-c1cccc(N)c1. The number of benzene rings is 1. The highest BCUT2D eigenvalue weighted by molar-refractivity contribution is 5.80. The first-order valence-electron chi connectivity index (χ1n) is 6.80. The highest BCUT2D eigenvalue weighted by Gasteiger charge is 2.18. The summed E-state index contributed by atoms with van der Waals surface area (Å²) in [7, 11) is 0. The Bertz CT molecular complexity index is 591. The molecular weight excluding hydrogens is 252 g/mol. The number of carbonyl (C=O) groups is 1. The van der Waals surface area contributed by atoms with Crippen molar-refractivity contribution in [3.63, 3.8) is 0 Å². The molecule has 5 heteroatoms. The fourth-order valence-electron chi connectivity index (χ4n) is 2.05. The van der Waals surface area contributed by atoms with Crippen molar-refractivity contribution in [1.82, 2.24) is 14.9 Å². The average Bonchev–Trinajstić information content (AvgIpc) is 2.93. The van der Waals surface area contributed by atoms with E-state index in [4.69, 9.17) is 5.73 Å². The Morgan fingerprint density at radius 2 is 2.30 bits per heavy atom. The Morgan fingerprint density at radius 3 is 3.00 bits per heavy atom. The van der Waals surface area contributed by atoms with Gasteiger partial charge in [-0.3, -0.25) is 4.79 Å². The third kappa shape index (κ3) is 2.99. The normalized spacial score (nSPS) is 12.1. The molecule has 0 bridgehead atoms. The topological polar surface area (TPSA) is 72.9 Å². The number of rotatable bonds is 5. The Hall–Kier alpha value is -2.30. The van der Waals surface area contributed by atoms with Gasteiger partial charge in [0.15, 0.2) is 0 Å². The van der Waals surface area contributed by atoms with Crippen molar-refractivity contribution in [3.05, 3.63) is 36.7 Å². The Balaban J connectivity index is 2.26. The van der Waals surface area contributed by atoms with Crippen LogP contribution in [0.5, 0.6) is 0 Å². The van der Waals surface area contributed by atoms with Crippen LogP contribution >= 0.6 is 0 Å². The molecule has 1 atom stereocenters. The van der Waals surface area contributed by atoms with Gasteiger partial charge >= 0.3 is 0 Å². The number of hydrogen-bond acceptors (Lipinski definition) is 3. The summed E-state index contributed by atoms with van der Waals surface area (Å²) in [5.41, 5.74) is 7.39. The van der Waals surface area contributed by atoms with Gasteiger partial charge in [0.2, 0.25) is 5.91 Å². The Labute approximate surface area is 118 Å². The maximum absolute atomic E-state index is 12.1. The lowest BCUT2D eigenvalue weighted by molar-refractivity contribution is -0.123. The molecule has 0 saturated carbocycles. The van der Waals surface area contributed by atoms with Gasteiger partial charge < -0.3 is 15.6 Å². The first-order valence-corrected chi connectivity index (χ1v) is 6.80. The minimum absolute atomic E-state index is 0.00463. The minimum atomic E-state index is -0.305. The molecule has 1 heterocycles. The fourth-order valence-corrected chi connectivity index (χ4v) is 2.05. The summed E-state index contributed by atoms with van der Waals surface area (Å²) < 4.78 is 1.86. The van der Waals surface area contributed by atoms with Gasteiger partial charge in [-0.15, -0.1) is 0 Å². The summed E-state index contributed by atoms with van der Waals surface area (Å²) in [5, 5.41) is 2.90. The lowest BCUT2D eigenvalue weighted by Crippen LogP contribution is -2.31. The fraction of sp³-hybridized carbons (Fsp3) is 0.333. The number of nitrogens with two attached hydrogens (primary N) is 1. The van der Waals surface area contributed by atoms with Crippen molar-refractivity contribution in [2.24, 2.45) is 0 Å². The summed E-state index contributed by atoms with van der Waals surface area (Å²) in [5.74, 6) is 0.742. The maximum atomic E-state index is 12.1. The predicted molar refractivity (Wildman–Crippen MR) is 80.1 cm³/mol. The summed E-state index contributed by atoms with van der Waals surface area (Å²) in [4.78, 5) is 16.4. The van der Waals surface area contributed by atoms with Crippen molar-refractivity contribution in [2.45, 2.75) is 26.3 Å². The summed E-state index contributed by atoms with van der Waals surface area (Å²) >= 11 is 0. The number of nitrogens with one attached hydrogen (secondary N) is 1. The summed E-state index contributed by atoms with van der Waals surface area (Å²) in [6.07, 6.45) is 4.43. The third-order valence-electron chi connectivity index (χ3n) is 3.16. The second-order valence-electron chi connectivity index (χ2n) is 4.75. The van der Waals surface area contributed by atoms with Crippen LogP contribution in [0.4, 0.5) is 5.69 Å². The van der Waals surface area contributed by atoms with Crippen LogP contribution < -0.4 is 11.1 Å². The molecule has 0 saturated heterocycles. The van der Waals surface area contributed by atoms with Gasteiger partial charge in [0, 0.05) is 30.2 Å². The highest BCUT2D eigenvalue weighted by atomic mass is 16.2. The van der Waals surface area contributed by atoms with Crippen LogP contribution in [-0.2, 0) is 4.79 Å². The summed E-state index contributed by atoms with van der Waals surface area (Å²) in [6, 6.07) is 7.20. The van der Waals surface area contributed by atoms with Crippen LogP contribution in [0.1, 0.15) is 26.3 Å². The Kier molecular flexibility index (Phi) is 4.40. The molecule has 1 unspecified atom stereocenters. The molecule has 3 N–H and O–H groups in total. The van der Waals surface area contributed by atoms with Crippen LogP contribution in [0, 0.1) is 0 Å². The van der Waals surface area contributed by atoms with E-state index in [9.17, 15) is 4.79 Å². The number of nitrogens with zero attached hydrogens (tertiary/aromatic N) is 2. The summed E-state index contributed by atoms with van der Waals surface area (Å²) in [6.45, 7) is 4.58. The molecule has 2 aromatic rings. The average molecular weight is 272 g/mol. The lowest BCUT2D eigenvalue weighted by atomic mass is 10.2. The molecule has 0 radical (unpaired) electrons. The van der Waals surface area contributed by atoms with Gasteiger partial charge in [-0.05, 0) is 25.5 Å². The molecule has 1 aromatic carbocycles. The number of anilines is 1. The molecule has 0 aliphatic heterocycles. The van der Waals surface area contributed by atoms with Crippen LogP contribution in [0.15, 0.2) is 36.7 Å². The zero-order valence-corrected chi connectivity index (χ0v) is 11.8. The van der Waals surface area contributed by atoms with Gasteiger partial charge in [0.25, 0.3) is 0 Å². The second-order valence-corrected chi connectivity index (χ2v) is 4.75. The van der Waals surface area contributed by atoms with E-state index in [0.29, 0.717) is 12.2 Å². The van der Waals surface area contributed by atoms with Gasteiger partial charge in [-0.1, -0.05) is 19.1 Å². The maximum Gasteiger partial charge on any atom is 0.242 e. The highest BCUT2D eigenvalue weighted by Crippen LogP contribution is 2.22. The molecule has 5 nitrogen and oxygen atoms in total. The van der Waals surface area contributed by atoms with Crippen molar-refractivity contribution in [2.75, 3.05) is 12.3 Å². The minimum Gasteiger partial charge on any atom is -0.399 e. The van der Waals surface area contributed by atoms with Gasteiger partial charge in [0.05, 0.1) is 0 Å². The first-order chi connectivity index (χ1) is 9.63. The van der Waals surface area contributed by atoms with Crippen molar-refractivity contribution in [1.29, 1.82) is 0 Å². The number of carbonyl (C=O) groups excluding carboxylic acids is 1. The predicted octanol–water partition coefficient (Wildman–Crippen LogP) is 2.22. The number of amides is 1. The second kappa shape index (κ2) is 6.23. The molecule has 20 heavy (non-hydrogen) atoms. The molecule has 0 fully saturated rings. The molecule has 1 amide bonds. The zero-order valence-electron chi connectivity index (χ0n) is 11.8. The molecule has 0 aliphatic rings. The van der Waals surface area contributed by atoms with Crippen molar-refractivity contribution < 1.29 is 4.79 Å². The van der Waals surface area contributed by atoms with E-state index < -0.39 is 0 Å². The van der Waals surface area contributed by atoms with Gasteiger partial charge in [-0.2, -0.15) is 0 Å². The van der Waals surface area contributed by atoms with Crippen LogP contribution in [0.3, 0.4) is 0 Å². The molecule has 106 valence electrons. The van der Waals surface area contributed by atoms with Gasteiger partial charge in [0.1, 0.15) is 11.9 Å².